The van der Waals surface area contributed by atoms with Gasteiger partial charge in [0.25, 0.3) is 5.91 Å². The molecule has 22 heavy (non-hydrogen) atoms. The van der Waals surface area contributed by atoms with Crippen molar-refractivity contribution in [3.05, 3.63) is 23.2 Å². The molecule has 2 aromatic heterocycles. The highest BCUT2D eigenvalue weighted by molar-refractivity contribution is 7.16. The molecule has 2 aliphatic rings. The van der Waals surface area contributed by atoms with Crippen LogP contribution in [0.4, 0.5) is 0 Å². The van der Waals surface area contributed by atoms with Gasteiger partial charge < -0.3 is 14.2 Å². The summed E-state index contributed by atoms with van der Waals surface area (Å²) in [5.41, 5.74) is 0.845. The molecule has 2 aromatic rings. The van der Waals surface area contributed by atoms with E-state index in [1.165, 1.54) is 16.6 Å². The van der Waals surface area contributed by atoms with Crippen molar-refractivity contribution in [1.82, 2.24) is 9.47 Å². The Balaban J connectivity index is 1.65. The largest absolute Gasteiger partial charge is 0.376 e. The SMILES string of the molecule is O=C(c1cc2ccsc2n1C[C@H]1CCCCO1)N1CCCC1. The monoisotopic (exact) mass is 318 g/mol. The second-order valence-corrected chi connectivity index (χ2v) is 7.20. The minimum Gasteiger partial charge on any atom is -0.376 e. The van der Waals surface area contributed by atoms with Gasteiger partial charge in [-0.3, -0.25) is 4.79 Å². The third-order valence-electron chi connectivity index (χ3n) is 4.77. The Kier molecular flexibility index (Phi) is 3.92. The van der Waals surface area contributed by atoms with E-state index in [0.717, 1.165) is 57.6 Å². The Morgan fingerprint density at radius 2 is 2.14 bits per heavy atom. The summed E-state index contributed by atoms with van der Waals surface area (Å²) >= 11 is 1.72. The fourth-order valence-electron chi connectivity index (χ4n) is 3.57. The maximum Gasteiger partial charge on any atom is 0.270 e. The van der Waals surface area contributed by atoms with Gasteiger partial charge in [-0.15, -0.1) is 11.3 Å². The number of ether oxygens (including phenoxy) is 1. The van der Waals surface area contributed by atoms with E-state index in [2.05, 4.69) is 22.1 Å². The van der Waals surface area contributed by atoms with Gasteiger partial charge in [0, 0.05) is 25.1 Å². The quantitative estimate of drug-likeness (QED) is 0.868. The fraction of sp³-hybridized carbons (Fsp3) is 0.588. The fourth-order valence-corrected chi connectivity index (χ4v) is 4.48. The zero-order valence-electron chi connectivity index (χ0n) is 12.8. The molecule has 0 spiro atoms. The highest BCUT2D eigenvalue weighted by atomic mass is 32.1. The first kappa shape index (κ1) is 14.3. The van der Waals surface area contributed by atoms with Crippen LogP contribution in [0.5, 0.6) is 0 Å². The predicted molar refractivity (Wildman–Crippen MR) is 88.5 cm³/mol. The van der Waals surface area contributed by atoms with E-state index in [0.29, 0.717) is 0 Å². The van der Waals surface area contributed by atoms with Crippen LogP contribution in [-0.4, -0.2) is 41.2 Å². The summed E-state index contributed by atoms with van der Waals surface area (Å²) in [6, 6.07) is 4.17. The second kappa shape index (κ2) is 6.05. The summed E-state index contributed by atoms with van der Waals surface area (Å²) in [7, 11) is 0. The standard InChI is InChI=1S/C17H22N2O2S/c20-16(18-7-2-3-8-18)15-11-13-6-10-22-17(13)19(15)12-14-5-1-4-9-21-14/h6,10-11,14H,1-5,7-9,12H2/t14-/m1/s1. The summed E-state index contributed by atoms with van der Waals surface area (Å²) in [5, 5.41) is 3.29. The van der Waals surface area contributed by atoms with Crippen LogP contribution in [-0.2, 0) is 11.3 Å². The first-order valence-electron chi connectivity index (χ1n) is 8.30. The van der Waals surface area contributed by atoms with Crippen LogP contribution in [0, 0.1) is 0 Å². The van der Waals surface area contributed by atoms with E-state index in [1.54, 1.807) is 11.3 Å². The number of likely N-dealkylation sites (tertiary alicyclic amines) is 1. The van der Waals surface area contributed by atoms with Crippen LogP contribution in [0.15, 0.2) is 17.5 Å². The molecule has 0 bridgehead atoms. The Labute approximate surface area is 134 Å². The number of hydrogen-bond acceptors (Lipinski definition) is 3. The molecular formula is C17H22N2O2S. The maximum atomic E-state index is 12.8. The lowest BCUT2D eigenvalue weighted by atomic mass is 10.1. The van der Waals surface area contributed by atoms with Gasteiger partial charge >= 0.3 is 0 Å². The second-order valence-electron chi connectivity index (χ2n) is 6.31. The van der Waals surface area contributed by atoms with Crippen LogP contribution in [0.3, 0.4) is 0 Å². The van der Waals surface area contributed by atoms with Gasteiger partial charge in [-0.05, 0) is 49.6 Å². The van der Waals surface area contributed by atoms with E-state index in [9.17, 15) is 4.79 Å². The third-order valence-corrected chi connectivity index (χ3v) is 5.73. The zero-order chi connectivity index (χ0) is 14.9. The highest BCUT2D eigenvalue weighted by Gasteiger charge is 2.26. The average Bonchev–Trinajstić information content (AvgIpc) is 3.26. The van der Waals surface area contributed by atoms with Crippen molar-refractivity contribution in [2.45, 2.75) is 44.8 Å². The number of rotatable bonds is 3. The van der Waals surface area contributed by atoms with E-state index in [-0.39, 0.29) is 12.0 Å². The molecule has 2 saturated heterocycles. The van der Waals surface area contributed by atoms with Gasteiger partial charge in [-0.25, -0.2) is 0 Å². The number of aromatic nitrogens is 1. The molecule has 1 atom stereocenters. The minimum absolute atomic E-state index is 0.191. The Morgan fingerprint density at radius 1 is 1.27 bits per heavy atom. The molecule has 0 aliphatic carbocycles. The van der Waals surface area contributed by atoms with Crippen molar-refractivity contribution in [2.75, 3.05) is 19.7 Å². The first-order valence-corrected chi connectivity index (χ1v) is 9.18. The van der Waals surface area contributed by atoms with E-state index in [4.69, 9.17) is 4.74 Å². The molecule has 4 heterocycles. The number of carbonyl (C=O) groups is 1. The molecule has 0 radical (unpaired) electrons. The van der Waals surface area contributed by atoms with E-state index in [1.807, 2.05) is 4.90 Å². The number of thiophene rings is 1. The lowest BCUT2D eigenvalue weighted by Gasteiger charge is -2.25. The molecule has 1 amide bonds. The lowest BCUT2D eigenvalue weighted by molar-refractivity contribution is 0.00631. The maximum absolute atomic E-state index is 12.8. The van der Waals surface area contributed by atoms with Crippen LogP contribution >= 0.6 is 11.3 Å². The topological polar surface area (TPSA) is 34.5 Å². The smallest absolute Gasteiger partial charge is 0.270 e. The summed E-state index contributed by atoms with van der Waals surface area (Å²) < 4.78 is 8.10. The lowest BCUT2D eigenvalue weighted by Crippen LogP contribution is -2.31. The Hall–Kier alpha value is -1.33. The number of fused-ring (bicyclic) bond motifs is 1. The van der Waals surface area contributed by atoms with Crippen molar-refractivity contribution in [2.24, 2.45) is 0 Å². The zero-order valence-corrected chi connectivity index (χ0v) is 13.6. The summed E-state index contributed by atoms with van der Waals surface area (Å²) in [5.74, 6) is 0.191. The number of hydrogen-bond donors (Lipinski definition) is 0. The molecule has 2 fully saturated rings. The molecule has 2 aliphatic heterocycles. The Morgan fingerprint density at radius 3 is 2.91 bits per heavy atom. The minimum atomic E-state index is 0.191. The molecule has 4 rings (SSSR count). The molecule has 0 saturated carbocycles. The van der Waals surface area contributed by atoms with Gasteiger partial charge in [0.15, 0.2) is 0 Å². The van der Waals surface area contributed by atoms with Crippen molar-refractivity contribution < 1.29 is 9.53 Å². The number of amides is 1. The van der Waals surface area contributed by atoms with Gasteiger partial charge in [0.05, 0.1) is 12.6 Å². The van der Waals surface area contributed by atoms with Gasteiger partial charge in [-0.2, -0.15) is 0 Å². The number of carbonyl (C=O) groups excluding carboxylic acids is 1. The molecule has 4 nitrogen and oxygen atoms in total. The van der Waals surface area contributed by atoms with Gasteiger partial charge in [0.1, 0.15) is 10.5 Å². The van der Waals surface area contributed by atoms with Crippen molar-refractivity contribution >= 4 is 27.5 Å². The van der Waals surface area contributed by atoms with Gasteiger partial charge in [0.2, 0.25) is 0 Å². The van der Waals surface area contributed by atoms with Crippen molar-refractivity contribution in [1.29, 1.82) is 0 Å². The first-order chi connectivity index (χ1) is 10.8. The number of nitrogens with zero attached hydrogens (tertiary/aromatic N) is 2. The summed E-state index contributed by atoms with van der Waals surface area (Å²) in [4.78, 5) is 16.0. The molecular weight excluding hydrogens is 296 g/mol. The third kappa shape index (κ3) is 2.57. The highest BCUT2D eigenvalue weighted by Crippen LogP contribution is 2.28. The van der Waals surface area contributed by atoms with E-state index < -0.39 is 0 Å². The summed E-state index contributed by atoms with van der Waals surface area (Å²) in [6.45, 7) is 3.46. The molecule has 118 valence electrons. The van der Waals surface area contributed by atoms with Crippen LogP contribution in [0.25, 0.3) is 10.2 Å². The van der Waals surface area contributed by atoms with Crippen molar-refractivity contribution in [3.8, 4) is 0 Å². The predicted octanol–water partition coefficient (Wildman–Crippen LogP) is 3.51. The Bertz CT molecular complexity index is 663. The molecule has 5 heteroatoms. The normalized spacial score (nSPS) is 22.5. The van der Waals surface area contributed by atoms with Crippen LogP contribution in [0.1, 0.15) is 42.6 Å². The van der Waals surface area contributed by atoms with E-state index >= 15 is 0 Å². The molecule has 0 aromatic carbocycles. The van der Waals surface area contributed by atoms with Crippen LogP contribution < -0.4 is 0 Å². The molecule has 0 unspecified atom stereocenters. The summed E-state index contributed by atoms with van der Waals surface area (Å²) in [6.07, 6.45) is 6.00. The molecule has 0 N–H and O–H groups in total. The van der Waals surface area contributed by atoms with Crippen LogP contribution in [0.2, 0.25) is 0 Å². The van der Waals surface area contributed by atoms with Crippen molar-refractivity contribution in [3.63, 3.8) is 0 Å². The average molecular weight is 318 g/mol. The van der Waals surface area contributed by atoms with Gasteiger partial charge in [-0.1, -0.05) is 0 Å².